The molecular formula is C15H16BrNO3S. The van der Waals surface area contributed by atoms with Crippen molar-refractivity contribution < 1.29 is 13.2 Å². The van der Waals surface area contributed by atoms with E-state index in [9.17, 15) is 8.42 Å². The third-order valence-corrected chi connectivity index (χ3v) is 5.14. The monoisotopic (exact) mass is 369 g/mol. The normalized spacial score (nSPS) is 11.2. The second kappa shape index (κ2) is 6.49. The number of ether oxygens (including phenoxy) is 1. The van der Waals surface area contributed by atoms with Crippen molar-refractivity contribution in [3.63, 3.8) is 0 Å². The number of sulfonamides is 1. The summed E-state index contributed by atoms with van der Waals surface area (Å²) >= 11 is 3.39. The predicted molar refractivity (Wildman–Crippen MR) is 87.3 cm³/mol. The van der Waals surface area contributed by atoms with E-state index in [1.807, 2.05) is 19.9 Å². The maximum atomic E-state index is 12.3. The summed E-state index contributed by atoms with van der Waals surface area (Å²) in [5, 5.41) is 0. The molecule has 0 aliphatic rings. The molecule has 1 N–H and O–H groups in total. The van der Waals surface area contributed by atoms with Crippen LogP contribution in [0.25, 0.3) is 0 Å². The van der Waals surface area contributed by atoms with Crippen molar-refractivity contribution in [3.8, 4) is 5.75 Å². The van der Waals surface area contributed by atoms with Gasteiger partial charge in [-0.1, -0.05) is 15.9 Å². The number of anilines is 1. The van der Waals surface area contributed by atoms with E-state index in [4.69, 9.17) is 4.74 Å². The van der Waals surface area contributed by atoms with Crippen molar-refractivity contribution >= 4 is 31.6 Å². The van der Waals surface area contributed by atoms with E-state index in [1.54, 1.807) is 24.3 Å². The van der Waals surface area contributed by atoms with Crippen molar-refractivity contribution in [1.29, 1.82) is 0 Å². The van der Waals surface area contributed by atoms with Crippen LogP contribution < -0.4 is 9.46 Å². The number of hydrogen-bond donors (Lipinski definition) is 1. The van der Waals surface area contributed by atoms with Crippen LogP contribution in [0, 0.1) is 6.92 Å². The standard InChI is InChI=1S/C15H16BrNO3S/c1-3-20-13-5-7-14(8-6-13)21(18,19)17-12-4-9-15(16)11(2)10-12/h4-10,17H,3H2,1-2H3. The first-order valence-electron chi connectivity index (χ1n) is 6.44. The lowest BCUT2D eigenvalue weighted by Gasteiger charge is -2.10. The van der Waals surface area contributed by atoms with Crippen LogP contribution in [0.15, 0.2) is 51.8 Å². The number of nitrogens with one attached hydrogen (secondary N) is 1. The predicted octanol–water partition coefficient (Wildman–Crippen LogP) is 3.96. The Morgan fingerprint density at radius 3 is 2.38 bits per heavy atom. The average molecular weight is 370 g/mol. The Kier molecular flexibility index (Phi) is 4.90. The van der Waals surface area contributed by atoms with E-state index in [-0.39, 0.29) is 4.90 Å². The van der Waals surface area contributed by atoms with Gasteiger partial charge in [-0.25, -0.2) is 8.42 Å². The Hall–Kier alpha value is -1.53. The third kappa shape index (κ3) is 3.98. The first-order valence-corrected chi connectivity index (χ1v) is 8.72. The zero-order chi connectivity index (χ0) is 15.5. The summed E-state index contributed by atoms with van der Waals surface area (Å²) < 4.78 is 33.4. The van der Waals surface area contributed by atoms with Crippen LogP contribution in [-0.2, 0) is 10.0 Å². The van der Waals surface area contributed by atoms with Crippen molar-refractivity contribution in [1.82, 2.24) is 0 Å². The van der Waals surface area contributed by atoms with Crippen molar-refractivity contribution in [2.75, 3.05) is 11.3 Å². The molecule has 0 fully saturated rings. The largest absolute Gasteiger partial charge is 0.494 e. The molecule has 6 heteroatoms. The minimum absolute atomic E-state index is 0.200. The molecule has 4 nitrogen and oxygen atoms in total. The van der Waals surface area contributed by atoms with E-state index < -0.39 is 10.0 Å². The maximum absolute atomic E-state index is 12.3. The number of rotatable bonds is 5. The van der Waals surface area contributed by atoms with Crippen LogP contribution in [0.1, 0.15) is 12.5 Å². The van der Waals surface area contributed by atoms with Crippen LogP contribution in [0.4, 0.5) is 5.69 Å². The number of aryl methyl sites for hydroxylation is 1. The molecule has 0 saturated heterocycles. The van der Waals surface area contributed by atoms with E-state index in [2.05, 4.69) is 20.7 Å². The minimum Gasteiger partial charge on any atom is -0.494 e. The topological polar surface area (TPSA) is 55.4 Å². The molecule has 0 heterocycles. The summed E-state index contributed by atoms with van der Waals surface area (Å²) in [7, 11) is -3.60. The van der Waals surface area contributed by atoms with Crippen LogP contribution in [-0.4, -0.2) is 15.0 Å². The minimum atomic E-state index is -3.60. The summed E-state index contributed by atoms with van der Waals surface area (Å²) in [6, 6.07) is 11.6. The van der Waals surface area contributed by atoms with E-state index in [1.165, 1.54) is 12.1 Å². The Bertz CT molecular complexity index is 727. The highest BCUT2D eigenvalue weighted by Gasteiger charge is 2.14. The molecule has 0 atom stereocenters. The van der Waals surface area contributed by atoms with Gasteiger partial charge in [0.05, 0.1) is 11.5 Å². The zero-order valence-electron chi connectivity index (χ0n) is 11.8. The smallest absolute Gasteiger partial charge is 0.261 e. The lowest BCUT2D eigenvalue weighted by atomic mass is 10.2. The molecule has 0 spiro atoms. The second-order valence-corrected chi connectivity index (χ2v) is 7.01. The van der Waals surface area contributed by atoms with E-state index in [0.717, 1.165) is 10.0 Å². The molecule has 0 radical (unpaired) electrons. The molecule has 0 saturated carbocycles. The van der Waals surface area contributed by atoms with Gasteiger partial charge in [-0.3, -0.25) is 4.72 Å². The molecule has 112 valence electrons. The molecule has 0 aliphatic carbocycles. The first kappa shape index (κ1) is 15.9. The summed E-state index contributed by atoms with van der Waals surface area (Å²) in [6.45, 7) is 4.32. The Labute approximate surface area is 133 Å². The fraction of sp³-hybridized carbons (Fsp3) is 0.200. The highest BCUT2D eigenvalue weighted by molar-refractivity contribution is 9.10. The van der Waals surface area contributed by atoms with Crippen LogP contribution in [0.2, 0.25) is 0 Å². The zero-order valence-corrected chi connectivity index (χ0v) is 14.2. The van der Waals surface area contributed by atoms with Gasteiger partial charge >= 0.3 is 0 Å². The molecule has 0 bridgehead atoms. The molecule has 0 unspecified atom stereocenters. The van der Waals surface area contributed by atoms with Gasteiger partial charge in [0.15, 0.2) is 0 Å². The number of halogens is 1. The number of hydrogen-bond acceptors (Lipinski definition) is 3. The summed E-state index contributed by atoms with van der Waals surface area (Å²) in [5.74, 6) is 0.649. The molecule has 0 aromatic heterocycles. The maximum Gasteiger partial charge on any atom is 0.261 e. The summed E-state index contributed by atoms with van der Waals surface area (Å²) in [6.07, 6.45) is 0. The first-order chi connectivity index (χ1) is 9.92. The van der Waals surface area contributed by atoms with Gasteiger partial charge in [0.2, 0.25) is 0 Å². The summed E-state index contributed by atoms with van der Waals surface area (Å²) in [5.41, 5.74) is 1.49. The third-order valence-electron chi connectivity index (χ3n) is 2.86. The number of benzene rings is 2. The van der Waals surface area contributed by atoms with Gasteiger partial charge in [0.1, 0.15) is 5.75 Å². The Morgan fingerprint density at radius 2 is 1.81 bits per heavy atom. The Balaban J connectivity index is 2.23. The fourth-order valence-electron chi connectivity index (χ4n) is 1.80. The van der Waals surface area contributed by atoms with Gasteiger partial charge < -0.3 is 4.74 Å². The fourth-order valence-corrected chi connectivity index (χ4v) is 3.10. The van der Waals surface area contributed by atoms with Crippen molar-refractivity contribution in [2.45, 2.75) is 18.7 Å². The van der Waals surface area contributed by atoms with E-state index >= 15 is 0 Å². The second-order valence-electron chi connectivity index (χ2n) is 4.47. The summed E-state index contributed by atoms with van der Waals surface area (Å²) in [4.78, 5) is 0.200. The SMILES string of the molecule is CCOc1ccc(S(=O)(=O)Nc2ccc(Br)c(C)c2)cc1. The quantitative estimate of drug-likeness (QED) is 0.867. The van der Waals surface area contributed by atoms with Crippen LogP contribution in [0.3, 0.4) is 0 Å². The highest BCUT2D eigenvalue weighted by atomic mass is 79.9. The van der Waals surface area contributed by atoms with Gasteiger partial charge in [-0.05, 0) is 61.9 Å². The van der Waals surface area contributed by atoms with Crippen molar-refractivity contribution in [3.05, 3.63) is 52.5 Å². The van der Waals surface area contributed by atoms with Gasteiger partial charge in [-0.15, -0.1) is 0 Å². The lowest BCUT2D eigenvalue weighted by Crippen LogP contribution is -2.13. The van der Waals surface area contributed by atoms with Gasteiger partial charge in [0.25, 0.3) is 10.0 Å². The van der Waals surface area contributed by atoms with E-state index in [0.29, 0.717) is 18.0 Å². The van der Waals surface area contributed by atoms with Crippen molar-refractivity contribution in [2.24, 2.45) is 0 Å². The molecule has 2 aromatic rings. The average Bonchev–Trinajstić information content (AvgIpc) is 2.44. The van der Waals surface area contributed by atoms with Crippen LogP contribution >= 0.6 is 15.9 Å². The lowest BCUT2D eigenvalue weighted by molar-refractivity contribution is 0.340. The highest BCUT2D eigenvalue weighted by Crippen LogP contribution is 2.23. The van der Waals surface area contributed by atoms with Gasteiger partial charge in [0, 0.05) is 10.2 Å². The molecule has 2 aromatic carbocycles. The molecular weight excluding hydrogens is 354 g/mol. The van der Waals surface area contributed by atoms with Crippen LogP contribution in [0.5, 0.6) is 5.75 Å². The molecule has 0 amide bonds. The Morgan fingerprint density at radius 1 is 1.14 bits per heavy atom. The molecule has 2 rings (SSSR count). The van der Waals surface area contributed by atoms with Gasteiger partial charge in [-0.2, -0.15) is 0 Å². The molecule has 21 heavy (non-hydrogen) atoms. The molecule has 0 aliphatic heterocycles.